The van der Waals surface area contributed by atoms with E-state index in [2.05, 4.69) is 34.5 Å². The number of urea groups is 1. The number of carboxylic acid groups (broad SMARTS) is 1. The molecular weight excluding hydrogens is 272 g/mol. The van der Waals surface area contributed by atoms with Gasteiger partial charge in [-0.15, -0.1) is 0 Å². The number of aliphatic carboxylic acids is 1. The summed E-state index contributed by atoms with van der Waals surface area (Å²) in [5.41, 5.74) is 0. The number of nitrogens with one attached hydrogen (secondary N) is 2. The van der Waals surface area contributed by atoms with Crippen molar-refractivity contribution in [3.63, 3.8) is 0 Å². The number of amides is 2. The van der Waals surface area contributed by atoms with Gasteiger partial charge in [-0.3, -0.25) is 9.69 Å². The van der Waals surface area contributed by atoms with E-state index in [0.717, 1.165) is 19.6 Å². The second-order valence-corrected chi connectivity index (χ2v) is 5.91. The third-order valence-corrected chi connectivity index (χ3v) is 4.00. The van der Waals surface area contributed by atoms with Crippen LogP contribution >= 0.6 is 0 Å². The lowest BCUT2D eigenvalue weighted by Gasteiger charge is -2.37. The van der Waals surface area contributed by atoms with Gasteiger partial charge in [-0.25, -0.2) is 4.79 Å². The van der Waals surface area contributed by atoms with Gasteiger partial charge in [0.15, 0.2) is 0 Å². The highest BCUT2D eigenvalue weighted by Gasteiger charge is 2.22. The molecule has 0 saturated carbocycles. The fraction of sp³-hybridized carbons (Fsp3) is 0.857. The van der Waals surface area contributed by atoms with Gasteiger partial charge in [-0.05, 0) is 26.9 Å². The number of rotatable bonds is 7. The maximum atomic E-state index is 11.7. The van der Waals surface area contributed by atoms with Crippen molar-refractivity contribution in [2.45, 2.75) is 25.8 Å². The van der Waals surface area contributed by atoms with Gasteiger partial charge in [0.25, 0.3) is 0 Å². The third kappa shape index (κ3) is 6.77. The Bertz CT molecular complexity index is 351. The van der Waals surface area contributed by atoms with Crippen LogP contribution in [-0.4, -0.2) is 79.8 Å². The molecule has 7 nitrogen and oxygen atoms in total. The highest BCUT2D eigenvalue weighted by Crippen LogP contribution is 2.05. The van der Waals surface area contributed by atoms with Gasteiger partial charge in [0.1, 0.15) is 0 Å². The van der Waals surface area contributed by atoms with Crippen molar-refractivity contribution in [1.82, 2.24) is 20.4 Å². The van der Waals surface area contributed by atoms with Crippen LogP contribution in [0.3, 0.4) is 0 Å². The van der Waals surface area contributed by atoms with E-state index >= 15 is 0 Å². The fourth-order valence-electron chi connectivity index (χ4n) is 2.33. The fourth-order valence-corrected chi connectivity index (χ4v) is 2.33. The average molecular weight is 300 g/mol. The number of carbonyl (C=O) groups excluding carboxylic acids is 1. The average Bonchev–Trinajstić information content (AvgIpc) is 2.44. The van der Waals surface area contributed by atoms with Gasteiger partial charge in [-0.2, -0.15) is 0 Å². The number of piperazine rings is 1. The summed E-state index contributed by atoms with van der Waals surface area (Å²) in [6, 6.07) is 0.154. The zero-order chi connectivity index (χ0) is 15.8. The number of nitrogens with zero attached hydrogens (tertiary/aromatic N) is 2. The molecule has 0 spiro atoms. The van der Waals surface area contributed by atoms with E-state index < -0.39 is 5.97 Å². The molecule has 21 heavy (non-hydrogen) atoms. The molecule has 2 atom stereocenters. The summed E-state index contributed by atoms with van der Waals surface area (Å²) in [6.45, 7) is 5.82. The largest absolute Gasteiger partial charge is 0.481 e. The molecule has 0 aromatic carbocycles. The van der Waals surface area contributed by atoms with Gasteiger partial charge < -0.3 is 20.6 Å². The monoisotopic (exact) mass is 300 g/mol. The molecule has 2 unspecified atom stereocenters. The maximum Gasteiger partial charge on any atom is 0.314 e. The molecule has 2 amide bonds. The van der Waals surface area contributed by atoms with Crippen LogP contribution in [0, 0.1) is 5.92 Å². The zero-order valence-corrected chi connectivity index (χ0v) is 13.3. The van der Waals surface area contributed by atoms with Crippen LogP contribution in [0.1, 0.15) is 19.8 Å². The second-order valence-electron chi connectivity index (χ2n) is 5.91. The Kier molecular flexibility index (Phi) is 7.45. The van der Waals surface area contributed by atoms with E-state index in [9.17, 15) is 9.59 Å². The van der Waals surface area contributed by atoms with Crippen molar-refractivity contribution < 1.29 is 14.7 Å². The first-order chi connectivity index (χ1) is 9.90. The number of hydrogen-bond acceptors (Lipinski definition) is 4. The third-order valence-electron chi connectivity index (χ3n) is 4.00. The number of carbonyl (C=O) groups is 2. The molecular formula is C14H28N4O3. The van der Waals surface area contributed by atoms with E-state index in [1.807, 2.05) is 0 Å². The highest BCUT2D eigenvalue weighted by atomic mass is 16.4. The molecule has 0 aromatic rings. The van der Waals surface area contributed by atoms with Gasteiger partial charge in [0, 0.05) is 38.8 Å². The first-order valence-corrected chi connectivity index (χ1v) is 7.53. The SMILES string of the molecule is CC(CCCNC(=O)NCC1CN(C)CCN1C)C(=O)O. The van der Waals surface area contributed by atoms with Crippen LogP contribution in [-0.2, 0) is 4.79 Å². The topological polar surface area (TPSA) is 84.9 Å². The Morgan fingerprint density at radius 2 is 2.00 bits per heavy atom. The quantitative estimate of drug-likeness (QED) is 0.578. The summed E-state index contributed by atoms with van der Waals surface area (Å²) in [6.07, 6.45) is 1.25. The molecule has 1 heterocycles. The normalized spacial score (nSPS) is 21.8. The zero-order valence-electron chi connectivity index (χ0n) is 13.3. The summed E-state index contributed by atoms with van der Waals surface area (Å²) in [5.74, 6) is -1.15. The van der Waals surface area contributed by atoms with Gasteiger partial charge in [-0.1, -0.05) is 6.92 Å². The smallest absolute Gasteiger partial charge is 0.314 e. The molecule has 122 valence electrons. The molecule has 1 aliphatic heterocycles. The van der Waals surface area contributed by atoms with Crippen molar-refractivity contribution in [3.05, 3.63) is 0 Å². The van der Waals surface area contributed by atoms with Crippen LogP contribution in [0.25, 0.3) is 0 Å². The highest BCUT2D eigenvalue weighted by molar-refractivity contribution is 5.73. The Hall–Kier alpha value is -1.34. The van der Waals surface area contributed by atoms with Crippen LogP contribution in [0.2, 0.25) is 0 Å². The molecule has 1 aliphatic rings. The minimum absolute atomic E-state index is 0.181. The molecule has 3 N–H and O–H groups in total. The molecule has 0 aromatic heterocycles. The van der Waals surface area contributed by atoms with Gasteiger partial charge in [0.2, 0.25) is 0 Å². The van der Waals surface area contributed by atoms with E-state index in [0.29, 0.717) is 32.0 Å². The number of carboxylic acids is 1. The summed E-state index contributed by atoms with van der Waals surface area (Å²) in [4.78, 5) is 26.9. The van der Waals surface area contributed by atoms with Crippen molar-refractivity contribution >= 4 is 12.0 Å². The van der Waals surface area contributed by atoms with Crippen LogP contribution in [0.5, 0.6) is 0 Å². The molecule has 0 aliphatic carbocycles. The predicted molar refractivity (Wildman–Crippen MR) is 81.4 cm³/mol. The van der Waals surface area contributed by atoms with E-state index in [1.165, 1.54) is 0 Å². The second kappa shape index (κ2) is 8.84. The molecule has 0 bridgehead atoms. The van der Waals surface area contributed by atoms with Gasteiger partial charge >= 0.3 is 12.0 Å². The molecule has 7 heteroatoms. The Morgan fingerprint density at radius 3 is 2.67 bits per heavy atom. The van der Waals surface area contributed by atoms with Gasteiger partial charge in [0.05, 0.1) is 5.92 Å². The van der Waals surface area contributed by atoms with Crippen LogP contribution in [0.15, 0.2) is 0 Å². The summed E-state index contributed by atoms with van der Waals surface area (Å²) in [5, 5.41) is 14.4. The van der Waals surface area contributed by atoms with Crippen LogP contribution < -0.4 is 10.6 Å². The Labute approximate surface area is 126 Å². The minimum Gasteiger partial charge on any atom is -0.481 e. The number of hydrogen-bond donors (Lipinski definition) is 3. The molecule has 1 fully saturated rings. The lowest BCUT2D eigenvalue weighted by Crippen LogP contribution is -2.55. The van der Waals surface area contributed by atoms with Crippen molar-refractivity contribution in [2.24, 2.45) is 5.92 Å². The van der Waals surface area contributed by atoms with E-state index in [1.54, 1.807) is 6.92 Å². The first kappa shape index (κ1) is 17.7. The number of likely N-dealkylation sites (N-methyl/N-ethyl adjacent to an activating group) is 2. The van der Waals surface area contributed by atoms with Crippen LogP contribution in [0.4, 0.5) is 4.79 Å². The van der Waals surface area contributed by atoms with Crippen molar-refractivity contribution in [3.8, 4) is 0 Å². The van der Waals surface area contributed by atoms with E-state index in [-0.39, 0.29) is 11.9 Å². The van der Waals surface area contributed by atoms with Crippen molar-refractivity contribution in [1.29, 1.82) is 0 Å². The first-order valence-electron chi connectivity index (χ1n) is 7.53. The summed E-state index contributed by atoms with van der Waals surface area (Å²) >= 11 is 0. The minimum atomic E-state index is -0.788. The van der Waals surface area contributed by atoms with Crippen molar-refractivity contribution in [2.75, 3.05) is 46.8 Å². The molecule has 1 saturated heterocycles. The lowest BCUT2D eigenvalue weighted by molar-refractivity contribution is -0.141. The lowest BCUT2D eigenvalue weighted by atomic mass is 10.1. The molecule has 0 radical (unpaired) electrons. The van der Waals surface area contributed by atoms with E-state index in [4.69, 9.17) is 5.11 Å². The molecule has 1 rings (SSSR count). The maximum absolute atomic E-state index is 11.7. The standard InChI is InChI=1S/C14H28N4O3/c1-11(13(19)20)5-4-6-15-14(21)16-9-12-10-17(2)7-8-18(12)3/h11-12H,4-10H2,1-3H3,(H,19,20)(H2,15,16,21). The summed E-state index contributed by atoms with van der Waals surface area (Å²) in [7, 11) is 4.16. The summed E-state index contributed by atoms with van der Waals surface area (Å²) < 4.78 is 0. The Morgan fingerprint density at radius 1 is 1.29 bits per heavy atom. The Balaban J connectivity index is 2.12. The predicted octanol–water partition coefficient (Wildman–Crippen LogP) is 0.0323.